The molecule has 0 aliphatic rings. The predicted octanol–water partition coefficient (Wildman–Crippen LogP) is 0.609. The smallest absolute Gasteiger partial charge is 0.243 e. The number of nitrogens with one attached hydrogen (secondary N) is 2. The van der Waals surface area contributed by atoms with Gasteiger partial charge in [0.15, 0.2) is 0 Å². The summed E-state index contributed by atoms with van der Waals surface area (Å²) in [7, 11) is 0. The first-order chi connectivity index (χ1) is 9.06. The van der Waals surface area contributed by atoms with Crippen LogP contribution in [0.4, 0.5) is 0 Å². The van der Waals surface area contributed by atoms with E-state index in [9.17, 15) is 9.59 Å². The van der Waals surface area contributed by atoms with E-state index in [0.29, 0.717) is 12.1 Å². The Morgan fingerprint density at radius 1 is 1.37 bits per heavy atom. The Morgan fingerprint density at radius 2 is 2.00 bits per heavy atom. The minimum absolute atomic E-state index is 0.235. The van der Waals surface area contributed by atoms with Gasteiger partial charge < -0.3 is 10.6 Å². The van der Waals surface area contributed by atoms with Crippen molar-refractivity contribution in [3.05, 3.63) is 35.4 Å². The highest BCUT2D eigenvalue weighted by atomic mass is 32.1. The van der Waals surface area contributed by atoms with Gasteiger partial charge in [0.05, 0.1) is 11.6 Å². The molecule has 6 heteroatoms. The third-order valence-electron chi connectivity index (χ3n) is 2.43. The van der Waals surface area contributed by atoms with Crippen molar-refractivity contribution in [3.8, 4) is 6.07 Å². The molecule has 0 saturated carbocycles. The summed E-state index contributed by atoms with van der Waals surface area (Å²) < 4.78 is 0. The quantitative estimate of drug-likeness (QED) is 0.690. The second kappa shape index (κ2) is 7.44. The van der Waals surface area contributed by atoms with Gasteiger partial charge in [0.25, 0.3) is 0 Å². The number of amides is 2. The first-order valence-corrected chi connectivity index (χ1v) is 6.34. The van der Waals surface area contributed by atoms with Crippen LogP contribution in [0.5, 0.6) is 0 Å². The van der Waals surface area contributed by atoms with E-state index in [1.165, 1.54) is 6.92 Å². The summed E-state index contributed by atoms with van der Waals surface area (Å²) >= 11 is 4.02. The van der Waals surface area contributed by atoms with Gasteiger partial charge in [-0.3, -0.25) is 9.59 Å². The van der Waals surface area contributed by atoms with Crippen LogP contribution in [0, 0.1) is 11.3 Å². The predicted molar refractivity (Wildman–Crippen MR) is 74.5 cm³/mol. The lowest BCUT2D eigenvalue weighted by molar-refractivity contribution is -0.127. The summed E-state index contributed by atoms with van der Waals surface area (Å²) in [6.45, 7) is 1.69. The Labute approximate surface area is 117 Å². The Bertz CT molecular complexity index is 494. The standard InChI is InChI=1S/C13H15N3O2S/c1-9(17)16-12(8-19)13(18)15-7-11-4-2-10(6-14)3-5-11/h2-5,12,19H,7-8H2,1H3,(H,15,18)(H,16,17). The maximum Gasteiger partial charge on any atom is 0.243 e. The molecule has 0 saturated heterocycles. The first kappa shape index (κ1) is 15.1. The number of carbonyl (C=O) groups is 2. The number of nitrogens with zero attached hydrogens (tertiary/aromatic N) is 1. The van der Waals surface area contributed by atoms with Crippen molar-refractivity contribution in [3.63, 3.8) is 0 Å². The van der Waals surface area contributed by atoms with Crippen molar-refractivity contribution in [1.82, 2.24) is 10.6 Å². The first-order valence-electron chi connectivity index (χ1n) is 5.71. The van der Waals surface area contributed by atoms with Gasteiger partial charge in [0.2, 0.25) is 11.8 Å². The normalized spacial score (nSPS) is 11.2. The molecular weight excluding hydrogens is 262 g/mol. The Kier molecular flexibility index (Phi) is 5.90. The molecule has 0 spiro atoms. The highest BCUT2D eigenvalue weighted by Gasteiger charge is 2.16. The zero-order valence-electron chi connectivity index (χ0n) is 10.5. The van der Waals surface area contributed by atoms with E-state index in [1.54, 1.807) is 24.3 Å². The Morgan fingerprint density at radius 3 is 2.47 bits per heavy atom. The second-order valence-corrected chi connectivity index (χ2v) is 4.33. The van der Waals surface area contributed by atoms with Gasteiger partial charge in [-0.05, 0) is 17.7 Å². The number of rotatable bonds is 5. The van der Waals surface area contributed by atoms with Gasteiger partial charge >= 0.3 is 0 Å². The van der Waals surface area contributed by atoms with E-state index in [1.807, 2.05) is 6.07 Å². The largest absolute Gasteiger partial charge is 0.350 e. The van der Waals surface area contributed by atoms with Crippen LogP contribution in [-0.2, 0) is 16.1 Å². The van der Waals surface area contributed by atoms with E-state index in [-0.39, 0.29) is 17.6 Å². The highest BCUT2D eigenvalue weighted by molar-refractivity contribution is 7.80. The van der Waals surface area contributed by atoms with Crippen molar-refractivity contribution in [2.75, 3.05) is 5.75 Å². The molecule has 1 aromatic carbocycles. The van der Waals surface area contributed by atoms with Crippen LogP contribution >= 0.6 is 12.6 Å². The van der Waals surface area contributed by atoms with Crippen LogP contribution in [0.1, 0.15) is 18.1 Å². The molecule has 0 radical (unpaired) electrons. The summed E-state index contributed by atoms with van der Waals surface area (Å²) in [5.41, 5.74) is 1.45. The summed E-state index contributed by atoms with van der Waals surface area (Å²) in [6.07, 6.45) is 0. The highest BCUT2D eigenvalue weighted by Crippen LogP contribution is 2.03. The molecule has 0 aromatic heterocycles. The molecule has 1 atom stereocenters. The molecule has 0 fully saturated rings. The molecule has 0 aliphatic heterocycles. The average Bonchev–Trinajstić information content (AvgIpc) is 2.42. The molecule has 100 valence electrons. The van der Waals surface area contributed by atoms with E-state index in [0.717, 1.165) is 5.56 Å². The van der Waals surface area contributed by atoms with E-state index >= 15 is 0 Å². The molecule has 0 aliphatic carbocycles. The SMILES string of the molecule is CC(=O)NC(CS)C(=O)NCc1ccc(C#N)cc1. The van der Waals surface area contributed by atoms with Crippen LogP contribution in [0.15, 0.2) is 24.3 Å². The molecule has 1 aromatic rings. The summed E-state index contributed by atoms with van der Waals surface area (Å²) in [4.78, 5) is 22.7. The Hall–Kier alpha value is -2.00. The maximum atomic E-state index is 11.8. The fourth-order valence-corrected chi connectivity index (χ4v) is 1.71. The number of benzene rings is 1. The zero-order chi connectivity index (χ0) is 14.3. The van der Waals surface area contributed by atoms with Crippen LogP contribution < -0.4 is 10.6 Å². The Balaban J connectivity index is 2.52. The fourth-order valence-electron chi connectivity index (χ4n) is 1.45. The fraction of sp³-hybridized carbons (Fsp3) is 0.308. The van der Waals surface area contributed by atoms with Crippen molar-refractivity contribution in [2.45, 2.75) is 19.5 Å². The lowest BCUT2D eigenvalue weighted by Gasteiger charge is -2.15. The van der Waals surface area contributed by atoms with Crippen molar-refractivity contribution in [1.29, 1.82) is 5.26 Å². The second-order valence-electron chi connectivity index (χ2n) is 3.96. The summed E-state index contributed by atoms with van der Waals surface area (Å²) in [6, 6.07) is 8.30. The third-order valence-corrected chi connectivity index (χ3v) is 2.79. The molecule has 5 nitrogen and oxygen atoms in total. The molecule has 1 rings (SSSR count). The van der Waals surface area contributed by atoms with Gasteiger partial charge in [0.1, 0.15) is 6.04 Å². The molecule has 0 bridgehead atoms. The lowest BCUT2D eigenvalue weighted by atomic mass is 10.1. The topological polar surface area (TPSA) is 82.0 Å². The van der Waals surface area contributed by atoms with Gasteiger partial charge in [0, 0.05) is 19.2 Å². The lowest BCUT2D eigenvalue weighted by Crippen LogP contribution is -2.47. The maximum absolute atomic E-state index is 11.8. The third kappa shape index (κ3) is 5.02. The molecule has 0 heterocycles. The van der Waals surface area contributed by atoms with Crippen LogP contribution in [0.25, 0.3) is 0 Å². The van der Waals surface area contributed by atoms with Crippen molar-refractivity contribution >= 4 is 24.4 Å². The zero-order valence-corrected chi connectivity index (χ0v) is 11.4. The molecule has 19 heavy (non-hydrogen) atoms. The molecule has 1 unspecified atom stereocenters. The number of nitriles is 1. The van der Waals surface area contributed by atoms with E-state index in [2.05, 4.69) is 23.3 Å². The number of hydrogen-bond donors (Lipinski definition) is 3. The van der Waals surface area contributed by atoms with Gasteiger partial charge in [-0.1, -0.05) is 12.1 Å². The minimum atomic E-state index is -0.640. The van der Waals surface area contributed by atoms with Gasteiger partial charge in [-0.25, -0.2) is 0 Å². The van der Waals surface area contributed by atoms with Crippen LogP contribution in [0.2, 0.25) is 0 Å². The van der Waals surface area contributed by atoms with Gasteiger partial charge in [-0.2, -0.15) is 17.9 Å². The molecular formula is C13H15N3O2S. The summed E-state index contributed by atoms with van der Waals surface area (Å²) in [5, 5.41) is 13.9. The van der Waals surface area contributed by atoms with Crippen molar-refractivity contribution < 1.29 is 9.59 Å². The number of hydrogen-bond acceptors (Lipinski definition) is 4. The monoisotopic (exact) mass is 277 g/mol. The average molecular weight is 277 g/mol. The van der Waals surface area contributed by atoms with Crippen molar-refractivity contribution in [2.24, 2.45) is 0 Å². The minimum Gasteiger partial charge on any atom is -0.350 e. The number of thiol groups is 1. The van der Waals surface area contributed by atoms with Crippen LogP contribution in [-0.4, -0.2) is 23.6 Å². The molecule has 2 N–H and O–H groups in total. The van der Waals surface area contributed by atoms with E-state index in [4.69, 9.17) is 5.26 Å². The van der Waals surface area contributed by atoms with E-state index < -0.39 is 6.04 Å². The summed E-state index contributed by atoms with van der Waals surface area (Å²) in [5.74, 6) is -0.319. The molecule has 2 amide bonds. The van der Waals surface area contributed by atoms with Gasteiger partial charge in [-0.15, -0.1) is 0 Å². The van der Waals surface area contributed by atoms with Crippen LogP contribution in [0.3, 0.4) is 0 Å². The number of carbonyl (C=O) groups excluding carboxylic acids is 2.